The first-order chi connectivity index (χ1) is 13.5. The van der Waals surface area contributed by atoms with E-state index in [0.29, 0.717) is 18.2 Å². The molecule has 2 aromatic rings. The Hall–Kier alpha value is -1.97. The molecule has 4 rings (SSSR count). The highest BCUT2D eigenvalue weighted by atomic mass is 32.2. The van der Waals surface area contributed by atoms with Gasteiger partial charge in [-0.05, 0) is 12.5 Å². The lowest BCUT2D eigenvalue weighted by atomic mass is 10.0. The topological polar surface area (TPSA) is 98.2 Å². The third-order valence-corrected chi connectivity index (χ3v) is 6.99. The maximum Gasteiger partial charge on any atom is 0.475 e. The van der Waals surface area contributed by atoms with Crippen molar-refractivity contribution in [2.45, 2.75) is 24.6 Å². The smallest absolute Gasteiger partial charge is 0.335 e. The van der Waals surface area contributed by atoms with E-state index < -0.39 is 18.9 Å². The molecule has 2 atom stereocenters. The number of nitrogens with one attached hydrogen (secondary N) is 1. The summed E-state index contributed by atoms with van der Waals surface area (Å²) < 4.78 is 29.0. The molecule has 28 heavy (non-hydrogen) atoms. The predicted octanol–water partition coefficient (Wildman–Crippen LogP) is 3.52. The molecule has 0 fully saturated rings. The molecule has 9 nitrogen and oxygen atoms in total. The number of hydrogen-bond acceptors (Lipinski definition) is 10. The van der Waals surface area contributed by atoms with Crippen LogP contribution in [0.5, 0.6) is 0 Å². The second kappa shape index (κ2) is 7.46. The van der Waals surface area contributed by atoms with Crippen molar-refractivity contribution in [1.29, 1.82) is 0 Å². The van der Waals surface area contributed by atoms with Gasteiger partial charge in [-0.3, -0.25) is 18.6 Å². The van der Waals surface area contributed by atoms with Gasteiger partial charge in [0.25, 0.3) is 0 Å². The summed E-state index contributed by atoms with van der Waals surface area (Å²) in [5.74, 6) is 1.34. The number of hydrogen-bond donors (Lipinski definition) is 1. The summed E-state index contributed by atoms with van der Waals surface area (Å²) in [6.07, 6.45) is 1.04. The lowest BCUT2D eigenvalue weighted by Crippen LogP contribution is -2.54. The molecule has 0 bridgehead atoms. The third kappa shape index (κ3) is 3.31. The normalized spacial score (nSPS) is 21.8. The SMILES string of the molecule is COP(=O)(OC)OC(c1ccccc1)C12Nc3nc(C)ncc3CN1N=CS2. The fourth-order valence-corrected chi connectivity index (χ4v) is 5.09. The Morgan fingerprint density at radius 1 is 1.29 bits per heavy atom. The van der Waals surface area contributed by atoms with Crippen molar-refractivity contribution in [1.82, 2.24) is 15.0 Å². The molecule has 3 heterocycles. The highest BCUT2D eigenvalue weighted by molar-refractivity contribution is 8.13. The average Bonchev–Trinajstić information content (AvgIpc) is 3.14. The summed E-state index contributed by atoms with van der Waals surface area (Å²) in [6, 6.07) is 9.48. The largest absolute Gasteiger partial charge is 0.475 e. The molecular formula is C17H20N5O4PS. The van der Waals surface area contributed by atoms with E-state index in [2.05, 4.69) is 20.4 Å². The van der Waals surface area contributed by atoms with Crippen molar-refractivity contribution >= 4 is 30.9 Å². The number of nitrogens with zero attached hydrogens (tertiary/aromatic N) is 4. The number of thioether (sulfide) groups is 1. The standard InChI is InChI=1S/C17H20N5O4PS/c1-12-18-9-14-10-22-17(28-11-19-22,21-16(14)20-12)15(13-7-5-4-6-8-13)26-27(23,24-2)25-3/h4-9,11,15H,10H2,1-3H3,(H,18,20,21). The summed E-state index contributed by atoms with van der Waals surface area (Å²) in [6.45, 7) is 2.30. The van der Waals surface area contributed by atoms with Gasteiger partial charge in [0.1, 0.15) is 17.7 Å². The fourth-order valence-electron chi connectivity index (χ4n) is 3.15. The predicted molar refractivity (Wildman–Crippen MR) is 107 cm³/mol. The molecule has 0 saturated heterocycles. The Bertz CT molecular complexity index is 938. The van der Waals surface area contributed by atoms with Crippen LogP contribution in [0.15, 0.2) is 41.6 Å². The van der Waals surface area contributed by atoms with Gasteiger partial charge >= 0.3 is 7.82 Å². The minimum atomic E-state index is -3.79. The van der Waals surface area contributed by atoms with E-state index in [4.69, 9.17) is 13.6 Å². The van der Waals surface area contributed by atoms with Crippen LogP contribution in [-0.4, -0.2) is 39.7 Å². The second-order valence-corrected chi connectivity index (χ2v) is 9.12. The first-order valence-electron chi connectivity index (χ1n) is 8.53. The molecule has 148 valence electrons. The summed E-state index contributed by atoms with van der Waals surface area (Å²) >= 11 is 1.41. The van der Waals surface area contributed by atoms with E-state index in [1.165, 1.54) is 26.0 Å². The summed E-state index contributed by atoms with van der Waals surface area (Å²) in [5.41, 5.74) is 3.43. The number of aromatic nitrogens is 2. The molecule has 2 aliphatic rings. The zero-order valence-electron chi connectivity index (χ0n) is 15.6. The summed E-state index contributed by atoms with van der Waals surface area (Å²) in [7, 11) is -1.20. The third-order valence-electron chi connectivity index (χ3n) is 4.54. The Kier molecular flexibility index (Phi) is 5.15. The summed E-state index contributed by atoms with van der Waals surface area (Å²) in [5, 5.41) is 9.76. The Labute approximate surface area is 167 Å². The van der Waals surface area contributed by atoms with Crippen molar-refractivity contribution in [3.63, 3.8) is 0 Å². The molecule has 1 aromatic heterocycles. The van der Waals surface area contributed by atoms with Gasteiger partial charge in [0.2, 0.25) is 4.99 Å². The monoisotopic (exact) mass is 421 g/mol. The number of rotatable bonds is 6. The van der Waals surface area contributed by atoms with E-state index in [1.807, 2.05) is 42.3 Å². The maximum absolute atomic E-state index is 12.9. The van der Waals surface area contributed by atoms with Gasteiger partial charge in [-0.1, -0.05) is 42.1 Å². The van der Waals surface area contributed by atoms with Crippen LogP contribution in [-0.2, 0) is 24.7 Å². The molecule has 0 spiro atoms. The molecule has 0 radical (unpaired) electrons. The van der Waals surface area contributed by atoms with Gasteiger partial charge in [-0.25, -0.2) is 14.5 Å². The zero-order valence-corrected chi connectivity index (χ0v) is 17.3. The molecule has 2 aliphatic heterocycles. The Morgan fingerprint density at radius 2 is 2.04 bits per heavy atom. The Balaban J connectivity index is 1.81. The van der Waals surface area contributed by atoms with Crippen LogP contribution in [0.2, 0.25) is 0 Å². The number of aryl methyl sites for hydroxylation is 1. The molecule has 0 saturated carbocycles. The molecular weight excluding hydrogens is 401 g/mol. The number of benzene rings is 1. The summed E-state index contributed by atoms with van der Waals surface area (Å²) in [4.78, 5) is 7.88. The van der Waals surface area contributed by atoms with Gasteiger partial charge in [0.15, 0.2) is 0 Å². The van der Waals surface area contributed by atoms with E-state index in [0.717, 1.165) is 11.1 Å². The first-order valence-corrected chi connectivity index (χ1v) is 10.9. The van der Waals surface area contributed by atoms with Gasteiger partial charge in [-0.15, -0.1) is 0 Å². The van der Waals surface area contributed by atoms with Crippen LogP contribution in [0, 0.1) is 6.92 Å². The molecule has 2 unspecified atom stereocenters. The second-order valence-electron chi connectivity index (χ2n) is 6.22. The van der Waals surface area contributed by atoms with Crippen molar-refractivity contribution in [3.05, 3.63) is 53.5 Å². The van der Waals surface area contributed by atoms with Crippen LogP contribution in [0.3, 0.4) is 0 Å². The van der Waals surface area contributed by atoms with Crippen LogP contribution >= 0.6 is 19.6 Å². The van der Waals surface area contributed by atoms with Crippen molar-refractivity contribution < 1.29 is 18.1 Å². The number of anilines is 1. The van der Waals surface area contributed by atoms with Gasteiger partial charge in [0.05, 0.1) is 12.1 Å². The highest BCUT2D eigenvalue weighted by Gasteiger charge is 2.54. The van der Waals surface area contributed by atoms with Gasteiger partial charge in [0, 0.05) is 26.0 Å². The first kappa shape index (κ1) is 19.4. The molecule has 1 aromatic carbocycles. The van der Waals surface area contributed by atoms with Crippen molar-refractivity contribution in [2.75, 3.05) is 19.5 Å². The number of hydrazone groups is 1. The van der Waals surface area contributed by atoms with E-state index in [-0.39, 0.29) is 0 Å². The van der Waals surface area contributed by atoms with E-state index >= 15 is 0 Å². The van der Waals surface area contributed by atoms with Crippen molar-refractivity contribution in [3.8, 4) is 0 Å². The van der Waals surface area contributed by atoms with Crippen LogP contribution < -0.4 is 5.32 Å². The fraction of sp³-hybridized carbons (Fsp3) is 0.353. The Morgan fingerprint density at radius 3 is 2.75 bits per heavy atom. The quantitative estimate of drug-likeness (QED) is 0.703. The number of phosphoric acid groups is 1. The minimum Gasteiger partial charge on any atom is -0.335 e. The lowest BCUT2D eigenvalue weighted by molar-refractivity contribution is 0.0239. The van der Waals surface area contributed by atoms with Gasteiger partial charge < -0.3 is 5.32 Å². The lowest BCUT2D eigenvalue weighted by Gasteiger charge is -2.46. The minimum absolute atomic E-state index is 0.475. The van der Waals surface area contributed by atoms with E-state index in [1.54, 1.807) is 11.7 Å². The van der Waals surface area contributed by atoms with Crippen LogP contribution in [0.25, 0.3) is 0 Å². The molecule has 0 amide bonds. The highest BCUT2D eigenvalue weighted by Crippen LogP contribution is 2.58. The maximum atomic E-state index is 12.9. The van der Waals surface area contributed by atoms with Crippen molar-refractivity contribution in [2.24, 2.45) is 5.10 Å². The van der Waals surface area contributed by atoms with Crippen LogP contribution in [0.1, 0.15) is 23.1 Å². The molecule has 1 N–H and O–H groups in total. The zero-order chi connectivity index (χ0) is 19.8. The number of fused-ring (bicyclic) bond motifs is 2. The average molecular weight is 421 g/mol. The van der Waals surface area contributed by atoms with Crippen LogP contribution in [0.4, 0.5) is 5.82 Å². The molecule has 11 heteroatoms. The van der Waals surface area contributed by atoms with E-state index in [9.17, 15) is 4.57 Å². The molecule has 0 aliphatic carbocycles. The number of phosphoric ester groups is 1. The van der Waals surface area contributed by atoms with Gasteiger partial charge in [-0.2, -0.15) is 5.10 Å².